The first-order chi connectivity index (χ1) is 41.4. The van der Waals surface area contributed by atoms with Crippen molar-refractivity contribution in [2.75, 3.05) is 32.9 Å². The number of carbonyl (C=O) groups excluding carboxylic acids is 7. The fourth-order valence-electron chi connectivity index (χ4n) is 10.8. The second-order valence-electron chi connectivity index (χ2n) is 22.5. The highest BCUT2D eigenvalue weighted by Crippen LogP contribution is 2.30. The molecule has 0 spiro atoms. The average molecular weight is 1210 g/mol. The molecule has 87 heavy (non-hydrogen) atoms. The van der Waals surface area contributed by atoms with E-state index in [0.29, 0.717) is 12.2 Å². The highest BCUT2D eigenvalue weighted by Gasteiger charge is 2.50. The molecule has 7 rings (SSSR count). The molecular weight excluding hydrogens is 1130 g/mol. The van der Waals surface area contributed by atoms with E-state index in [1.54, 1.807) is 12.1 Å². The van der Waals surface area contributed by atoms with Crippen LogP contribution in [-0.2, 0) is 28.8 Å². The molecule has 16 N–H and O–H groups in total. The third kappa shape index (κ3) is 16.5. The third-order valence-electron chi connectivity index (χ3n) is 15.9. The van der Waals surface area contributed by atoms with Gasteiger partial charge in [0.05, 0.1) is 56.4 Å². The van der Waals surface area contributed by atoms with Gasteiger partial charge >= 0.3 is 0 Å². The molecule has 26 heteroatoms. The van der Waals surface area contributed by atoms with Gasteiger partial charge in [-0.2, -0.15) is 0 Å². The van der Waals surface area contributed by atoms with E-state index in [0.717, 1.165) is 77.5 Å². The van der Waals surface area contributed by atoms with Crippen molar-refractivity contribution in [2.24, 2.45) is 5.92 Å². The van der Waals surface area contributed by atoms with Crippen LogP contribution in [0.5, 0.6) is 11.5 Å². The molecule has 7 amide bonds. The van der Waals surface area contributed by atoms with Gasteiger partial charge in [0, 0.05) is 37.4 Å². The summed E-state index contributed by atoms with van der Waals surface area (Å²) in [5.41, 5.74) is 3.32. The van der Waals surface area contributed by atoms with Gasteiger partial charge in [-0.25, -0.2) is 0 Å². The molecule has 3 fully saturated rings. The molecule has 0 aromatic heterocycles. The second kappa shape index (κ2) is 30.3. The number of hydrogen-bond donors (Lipinski definition) is 16. The lowest BCUT2D eigenvalue weighted by atomic mass is 9.96. The maximum absolute atomic E-state index is 14.7. The molecule has 0 radical (unpaired) electrons. The molecule has 0 bridgehead atoms. The topological polar surface area (TPSA) is 410 Å². The molecule has 3 saturated heterocycles. The summed E-state index contributed by atoms with van der Waals surface area (Å²) >= 11 is 0. The fraction of sp³-hybridized carbons (Fsp3) is 0.492. The summed E-state index contributed by atoms with van der Waals surface area (Å²) in [5, 5.41) is 125. The van der Waals surface area contributed by atoms with E-state index < -0.39 is 171 Å². The van der Waals surface area contributed by atoms with Crippen molar-refractivity contribution in [3.63, 3.8) is 0 Å². The van der Waals surface area contributed by atoms with Crippen LogP contribution in [0.2, 0.25) is 0 Å². The number of phenols is 1. The molecule has 15 atom stereocenters. The number of rotatable bonds is 18. The summed E-state index contributed by atoms with van der Waals surface area (Å²) in [7, 11) is 0. The van der Waals surface area contributed by atoms with E-state index in [1.807, 2.05) is 48.5 Å². The Morgan fingerprint density at radius 1 is 0.644 bits per heavy atom. The van der Waals surface area contributed by atoms with E-state index in [1.165, 1.54) is 31.2 Å². The average Bonchev–Trinajstić information content (AvgIpc) is 1.95. The van der Waals surface area contributed by atoms with Gasteiger partial charge in [-0.1, -0.05) is 87.4 Å². The number of hydrogen-bond acceptors (Lipinski definition) is 19. The van der Waals surface area contributed by atoms with Crippen LogP contribution in [0.15, 0.2) is 97.1 Å². The van der Waals surface area contributed by atoms with Gasteiger partial charge in [-0.3, -0.25) is 38.9 Å². The van der Waals surface area contributed by atoms with E-state index in [4.69, 9.17) is 4.74 Å². The Bertz CT molecular complexity index is 2990. The van der Waals surface area contributed by atoms with Gasteiger partial charge < -0.3 is 92.2 Å². The monoisotopic (exact) mass is 1210 g/mol. The molecule has 26 nitrogen and oxygen atoms in total. The van der Waals surface area contributed by atoms with Gasteiger partial charge in [0.15, 0.2) is 0 Å². The largest absolute Gasteiger partial charge is 0.508 e. The molecule has 472 valence electrons. The van der Waals surface area contributed by atoms with Crippen molar-refractivity contribution >= 4 is 41.4 Å². The minimum Gasteiger partial charge on any atom is -0.508 e. The van der Waals surface area contributed by atoms with Crippen molar-refractivity contribution in [2.45, 2.75) is 151 Å². The molecular formula is C61H80N8O18. The van der Waals surface area contributed by atoms with Crippen LogP contribution in [0.1, 0.15) is 81.8 Å². The summed E-state index contributed by atoms with van der Waals surface area (Å²) in [4.78, 5) is 103. The Morgan fingerprint density at radius 3 is 1.72 bits per heavy atom. The first-order valence-corrected chi connectivity index (χ1v) is 29.0. The number of aliphatic hydroxyl groups excluding tert-OH is 9. The summed E-state index contributed by atoms with van der Waals surface area (Å²) in [6, 6.07) is 13.3. The van der Waals surface area contributed by atoms with Crippen molar-refractivity contribution < 1.29 is 89.4 Å². The highest BCUT2D eigenvalue weighted by atomic mass is 16.5. The van der Waals surface area contributed by atoms with E-state index in [2.05, 4.69) is 38.8 Å². The van der Waals surface area contributed by atoms with Crippen LogP contribution in [0.25, 0.3) is 22.3 Å². The SMILES string of the molecule is CCCCCOc1ccc(-c2ccc(-c3ccc(C(=O)NC4C[C@@H](O)C(NC(CO)CO)NC(=O)C5[C@@H](O)[C@@H](C)CN5C(=O)C([C@@H](C)O)NC(=O)C([C@H](O)[C@@H](O)c5ccc(O)cc5)NC(=O)C5C[C@@H](O)CN5C(=O)C([C@@H](C)O)NC4=O)cc3)cc2)cc1. The molecule has 7 unspecified atom stereocenters. The molecule has 0 saturated carbocycles. The first-order valence-electron chi connectivity index (χ1n) is 29.0. The number of ether oxygens (including phenoxy) is 1. The number of nitrogens with one attached hydrogen (secondary N) is 6. The predicted octanol–water partition coefficient (Wildman–Crippen LogP) is -1.98. The maximum Gasteiger partial charge on any atom is 0.251 e. The predicted molar refractivity (Wildman–Crippen MR) is 312 cm³/mol. The number of aromatic hydroxyl groups is 1. The summed E-state index contributed by atoms with van der Waals surface area (Å²) in [5.74, 6) is -8.69. The molecule has 3 heterocycles. The Hall–Kier alpha value is -7.63. The highest BCUT2D eigenvalue weighted by molar-refractivity contribution is 6.00. The van der Waals surface area contributed by atoms with Crippen molar-refractivity contribution in [3.05, 3.63) is 108 Å². The number of carbonyl (C=O) groups is 7. The standard InChI is InChI=1S/C61H80N8O18/c1-5-6-7-24-87-43-22-18-37(19-23-43)35-10-8-34(9-11-35)36-12-14-39(15-13-36)55(80)63-44-26-46(76)54(62-40(29-70)30-71)67-59(84)50-51(77)31(2)27-69(50)61(86)48(33(4)73)65-58(83)49(53(79)52(78)38-16-20-41(74)21-17-38)66-57(82)45-25-42(75)28-68(45)60(85)47(32(3)72)64-56(44)81/h8-23,31-33,40,42,44-54,62,70-79H,5-7,24-30H2,1-4H3,(H,63,80)(H,64,81)(H,65,83)(H,66,82)(H,67,84)/t31-,32+,33+,42+,44?,45?,46+,47?,48?,49?,50?,51-,52-,53-,54?/m0/s1. The number of nitrogens with zero attached hydrogens (tertiary/aromatic N) is 2. The van der Waals surface area contributed by atoms with Crippen molar-refractivity contribution in [1.29, 1.82) is 0 Å². The Labute approximate surface area is 502 Å². The van der Waals surface area contributed by atoms with E-state index in [-0.39, 0.29) is 23.4 Å². The zero-order valence-electron chi connectivity index (χ0n) is 48.7. The lowest BCUT2D eigenvalue weighted by molar-refractivity contribution is -0.148. The lowest BCUT2D eigenvalue weighted by Gasteiger charge is -2.35. The number of unbranched alkanes of at least 4 members (excludes halogenated alkanes) is 2. The number of amides is 7. The number of benzene rings is 4. The normalized spacial score (nSPS) is 26.7. The Balaban J connectivity index is 1.23. The summed E-state index contributed by atoms with van der Waals surface area (Å²) < 4.78 is 5.85. The Kier molecular flexibility index (Phi) is 23.3. The van der Waals surface area contributed by atoms with Gasteiger partial charge in [0.25, 0.3) is 5.91 Å². The fourth-order valence-corrected chi connectivity index (χ4v) is 10.8. The molecule has 0 aliphatic carbocycles. The minimum atomic E-state index is -2.31. The van der Waals surface area contributed by atoms with Crippen molar-refractivity contribution in [1.82, 2.24) is 41.7 Å². The molecule has 3 aliphatic rings. The Morgan fingerprint density at radius 2 is 1.17 bits per heavy atom. The summed E-state index contributed by atoms with van der Waals surface area (Å²) in [6.07, 6.45) is -13.1. The van der Waals surface area contributed by atoms with Crippen LogP contribution in [0, 0.1) is 5.92 Å². The van der Waals surface area contributed by atoms with Gasteiger partial charge in [0.2, 0.25) is 35.4 Å². The zero-order chi connectivity index (χ0) is 63.4. The first kappa shape index (κ1) is 66.9. The number of fused-ring (bicyclic) bond motifs is 2. The third-order valence-corrected chi connectivity index (χ3v) is 15.9. The van der Waals surface area contributed by atoms with Gasteiger partial charge in [-0.05, 0) is 84.5 Å². The molecule has 4 aromatic rings. The molecule has 4 aromatic carbocycles. The lowest BCUT2D eigenvalue weighted by Crippen LogP contribution is -2.65. The smallest absolute Gasteiger partial charge is 0.251 e. The van der Waals surface area contributed by atoms with Crippen molar-refractivity contribution in [3.8, 4) is 33.8 Å². The van der Waals surface area contributed by atoms with Gasteiger partial charge in [-0.15, -0.1) is 0 Å². The second-order valence-corrected chi connectivity index (χ2v) is 22.5. The maximum atomic E-state index is 14.7. The number of phenolic OH excluding ortho intramolecular Hbond substituents is 1. The van der Waals surface area contributed by atoms with E-state index in [9.17, 15) is 84.6 Å². The molecule has 3 aliphatic heterocycles. The van der Waals surface area contributed by atoms with Crippen LogP contribution in [0.4, 0.5) is 0 Å². The van der Waals surface area contributed by atoms with Crippen LogP contribution in [0.3, 0.4) is 0 Å². The number of aliphatic hydroxyl groups is 9. The quantitative estimate of drug-likeness (QED) is 0.0480. The van der Waals surface area contributed by atoms with Crippen LogP contribution < -0.4 is 36.6 Å². The summed E-state index contributed by atoms with van der Waals surface area (Å²) in [6.45, 7) is 3.83. The minimum absolute atomic E-state index is 0.000245. The zero-order valence-corrected chi connectivity index (χ0v) is 48.7. The van der Waals surface area contributed by atoms with Crippen LogP contribution in [-0.4, -0.2) is 220 Å². The van der Waals surface area contributed by atoms with Crippen LogP contribution >= 0.6 is 0 Å². The van der Waals surface area contributed by atoms with E-state index >= 15 is 0 Å². The van der Waals surface area contributed by atoms with Gasteiger partial charge in [0.1, 0.15) is 66.1 Å².